The number of carbonyl (C=O) groups is 1. The van der Waals surface area contributed by atoms with Gasteiger partial charge in [-0.15, -0.1) is 0 Å². The summed E-state index contributed by atoms with van der Waals surface area (Å²) in [6.07, 6.45) is -1.71. The molecule has 1 rings (SSSR count). The van der Waals surface area contributed by atoms with Crippen LogP contribution in [0.5, 0.6) is 0 Å². The number of carbonyl (C=O) groups excluding carboxylic acids is 1. The molecule has 0 aliphatic heterocycles. The maximum atomic E-state index is 12.5. The van der Waals surface area contributed by atoms with Crippen molar-refractivity contribution in [1.82, 2.24) is 10.2 Å². The van der Waals surface area contributed by atoms with Crippen LogP contribution in [0.4, 0.5) is 8.78 Å². The molecule has 0 aliphatic rings. The molecule has 1 atom stereocenters. The Morgan fingerprint density at radius 3 is 2.19 bits per heavy atom. The summed E-state index contributed by atoms with van der Waals surface area (Å²) in [5.41, 5.74) is 0.904. The summed E-state index contributed by atoms with van der Waals surface area (Å²) >= 11 is 0. The molecule has 1 N–H and O–H groups in total. The second-order valence-corrected chi connectivity index (χ2v) is 5.84. The molecule has 0 fully saturated rings. The van der Waals surface area contributed by atoms with Crippen LogP contribution in [0, 0.1) is 5.92 Å². The lowest BCUT2D eigenvalue weighted by Gasteiger charge is -2.23. The molecule has 118 valence electrons. The van der Waals surface area contributed by atoms with Crippen LogP contribution in [0.2, 0.25) is 0 Å². The van der Waals surface area contributed by atoms with Gasteiger partial charge in [-0.1, -0.05) is 38.1 Å². The average molecular weight is 298 g/mol. The number of likely N-dealkylation sites (N-methyl/N-ethyl adjacent to an activating group) is 1. The highest BCUT2D eigenvalue weighted by molar-refractivity contribution is 5.81. The van der Waals surface area contributed by atoms with Gasteiger partial charge in [-0.3, -0.25) is 4.79 Å². The van der Waals surface area contributed by atoms with E-state index in [1.165, 1.54) is 12.1 Å². The van der Waals surface area contributed by atoms with E-state index in [4.69, 9.17) is 0 Å². The van der Waals surface area contributed by atoms with Crippen molar-refractivity contribution in [3.8, 4) is 0 Å². The molecule has 1 aromatic rings. The number of nitrogens with one attached hydrogen (secondary N) is 1. The van der Waals surface area contributed by atoms with E-state index in [1.807, 2.05) is 0 Å². The fourth-order valence-corrected chi connectivity index (χ4v) is 2.08. The van der Waals surface area contributed by atoms with Crippen LogP contribution in [0.25, 0.3) is 0 Å². The van der Waals surface area contributed by atoms with Gasteiger partial charge in [0.15, 0.2) is 0 Å². The minimum absolute atomic E-state index is 0.0156. The van der Waals surface area contributed by atoms with Crippen LogP contribution in [0.1, 0.15) is 37.8 Å². The number of rotatable bonds is 7. The second-order valence-electron chi connectivity index (χ2n) is 5.84. The molecule has 0 bridgehead atoms. The Labute approximate surface area is 125 Å². The first-order valence-electron chi connectivity index (χ1n) is 7.12. The molecule has 1 amide bonds. The van der Waals surface area contributed by atoms with Crippen molar-refractivity contribution in [2.24, 2.45) is 5.92 Å². The number of amides is 1. The van der Waals surface area contributed by atoms with E-state index in [0.717, 1.165) is 12.0 Å². The van der Waals surface area contributed by atoms with Gasteiger partial charge in [0.05, 0.1) is 6.04 Å². The van der Waals surface area contributed by atoms with Crippen molar-refractivity contribution in [1.29, 1.82) is 0 Å². The van der Waals surface area contributed by atoms with Gasteiger partial charge in [-0.05, 0) is 17.9 Å². The summed E-state index contributed by atoms with van der Waals surface area (Å²) in [5, 5.41) is 3.22. The Bertz CT molecular complexity index is 444. The molecule has 0 saturated heterocycles. The van der Waals surface area contributed by atoms with Gasteiger partial charge < -0.3 is 10.2 Å². The SMILES string of the molecule is CC(C)CC(NCc1ccc(C(F)F)cc1)C(=O)N(C)C. The number of halogens is 2. The maximum absolute atomic E-state index is 12.5. The number of alkyl halides is 2. The summed E-state index contributed by atoms with van der Waals surface area (Å²) in [6.45, 7) is 4.62. The molecule has 0 radical (unpaired) electrons. The predicted octanol–water partition coefficient (Wildman–Crippen LogP) is 3.22. The van der Waals surface area contributed by atoms with E-state index in [2.05, 4.69) is 19.2 Å². The first-order chi connectivity index (χ1) is 9.81. The van der Waals surface area contributed by atoms with Crippen LogP contribution in [-0.2, 0) is 11.3 Å². The first kappa shape index (κ1) is 17.6. The van der Waals surface area contributed by atoms with Crippen molar-refractivity contribution in [2.75, 3.05) is 14.1 Å². The van der Waals surface area contributed by atoms with Gasteiger partial charge in [0.1, 0.15) is 0 Å². The summed E-state index contributed by atoms with van der Waals surface area (Å²) in [6, 6.07) is 5.93. The standard InChI is InChI=1S/C16H24F2N2O/c1-11(2)9-14(16(21)20(3)4)19-10-12-5-7-13(8-6-12)15(17)18/h5-8,11,14-15,19H,9-10H2,1-4H3. The third-order valence-electron chi connectivity index (χ3n) is 3.23. The summed E-state index contributed by atoms with van der Waals surface area (Å²) in [5.74, 6) is 0.431. The minimum atomic E-state index is -2.45. The van der Waals surface area contributed by atoms with Gasteiger partial charge in [0, 0.05) is 26.2 Å². The predicted molar refractivity (Wildman–Crippen MR) is 80.2 cm³/mol. The van der Waals surface area contributed by atoms with Crippen LogP contribution in [-0.4, -0.2) is 30.9 Å². The van der Waals surface area contributed by atoms with Gasteiger partial charge in [0.2, 0.25) is 5.91 Å². The van der Waals surface area contributed by atoms with Crippen molar-refractivity contribution < 1.29 is 13.6 Å². The Morgan fingerprint density at radius 1 is 1.19 bits per heavy atom. The summed E-state index contributed by atoms with van der Waals surface area (Å²) in [4.78, 5) is 13.7. The van der Waals surface area contributed by atoms with Crippen LogP contribution >= 0.6 is 0 Å². The van der Waals surface area contributed by atoms with E-state index in [0.29, 0.717) is 12.5 Å². The van der Waals surface area contributed by atoms with Gasteiger partial charge in [-0.2, -0.15) is 0 Å². The molecular weight excluding hydrogens is 274 g/mol. The van der Waals surface area contributed by atoms with Gasteiger partial charge >= 0.3 is 0 Å². The molecule has 0 saturated carbocycles. The Balaban J connectivity index is 2.65. The topological polar surface area (TPSA) is 32.3 Å². The zero-order valence-electron chi connectivity index (χ0n) is 13.1. The molecule has 5 heteroatoms. The smallest absolute Gasteiger partial charge is 0.263 e. The largest absolute Gasteiger partial charge is 0.347 e. The van der Waals surface area contributed by atoms with Gasteiger partial charge in [-0.25, -0.2) is 8.78 Å². The normalized spacial score (nSPS) is 12.8. The lowest BCUT2D eigenvalue weighted by molar-refractivity contribution is -0.131. The molecular formula is C16H24F2N2O. The number of hydrogen-bond donors (Lipinski definition) is 1. The molecule has 0 aromatic heterocycles. The van der Waals surface area contributed by atoms with Crippen molar-refractivity contribution in [2.45, 2.75) is 39.3 Å². The molecule has 3 nitrogen and oxygen atoms in total. The van der Waals surface area contributed by atoms with Crippen LogP contribution in [0.15, 0.2) is 24.3 Å². The lowest BCUT2D eigenvalue weighted by atomic mass is 10.0. The molecule has 0 spiro atoms. The third kappa shape index (κ3) is 5.79. The van der Waals surface area contributed by atoms with Gasteiger partial charge in [0.25, 0.3) is 6.43 Å². The molecule has 0 aliphatic carbocycles. The minimum Gasteiger partial charge on any atom is -0.347 e. The zero-order chi connectivity index (χ0) is 16.0. The third-order valence-corrected chi connectivity index (χ3v) is 3.23. The van der Waals surface area contributed by atoms with E-state index in [-0.39, 0.29) is 17.5 Å². The van der Waals surface area contributed by atoms with E-state index < -0.39 is 6.43 Å². The Morgan fingerprint density at radius 2 is 1.76 bits per heavy atom. The quantitative estimate of drug-likeness (QED) is 0.838. The van der Waals surface area contributed by atoms with E-state index >= 15 is 0 Å². The monoisotopic (exact) mass is 298 g/mol. The summed E-state index contributed by atoms with van der Waals surface area (Å²) < 4.78 is 25.0. The van der Waals surface area contributed by atoms with Crippen LogP contribution in [0.3, 0.4) is 0 Å². The van der Waals surface area contributed by atoms with Crippen molar-refractivity contribution in [3.63, 3.8) is 0 Å². The highest BCUT2D eigenvalue weighted by Gasteiger charge is 2.20. The fraction of sp³-hybridized carbons (Fsp3) is 0.562. The highest BCUT2D eigenvalue weighted by atomic mass is 19.3. The first-order valence-corrected chi connectivity index (χ1v) is 7.12. The Hall–Kier alpha value is -1.49. The molecule has 0 heterocycles. The van der Waals surface area contributed by atoms with E-state index in [9.17, 15) is 13.6 Å². The highest BCUT2D eigenvalue weighted by Crippen LogP contribution is 2.18. The molecule has 1 unspecified atom stereocenters. The number of hydrogen-bond acceptors (Lipinski definition) is 2. The maximum Gasteiger partial charge on any atom is 0.263 e. The number of nitrogens with zero attached hydrogens (tertiary/aromatic N) is 1. The van der Waals surface area contributed by atoms with Crippen LogP contribution < -0.4 is 5.32 Å². The van der Waals surface area contributed by atoms with Crippen molar-refractivity contribution in [3.05, 3.63) is 35.4 Å². The lowest BCUT2D eigenvalue weighted by Crippen LogP contribution is -2.44. The fourth-order valence-electron chi connectivity index (χ4n) is 2.08. The Kier molecular flexibility index (Phi) is 6.75. The second kappa shape index (κ2) is 8.08. The molecule has 1 aromatic carbocycles. The van der Waals surface area contributed by atoms with Crippen molar-refractivity contribution >= 4 is 5.91 Å². The average Bonchev–Trinajstić information content (AvgIpc) is 2.42. The number of benzene rings is 1. The van der Waals surface area contributed by atoms with E-state index in [1.54, 1.807) is 31.1 Å². The zero-order valence-corrected chi connectivity index (χ0v) is 13.1. The molecule has 21 heavy (non-hydrogen) atoms. The summed E-state index contributed by atoms with van der Waals surface area (Å²) in [7, 11) is 3.46.